The van der Waals surface area contributed by atoms with Crippen LogP contribution < -0.4 is 0 Å². The van der Waals surface area contributed by atoms with Gasteiger partial charge in [-0.05, 0) is 33.6 Å². The Hall–Kier alpha value is -0.600. The van der Waals surface area contributed by atoms with Crippen molar-refractivity contribution in [2.45, 2.75) is 6.92 Å². The van der Waals surface area contributed by atoms with Crippen LogP contribution in [0.2, 0.25) is 0 Å². The Balaban J connectivity index is 0. The van der Waals surface area contributed by atoms with Crippen LogP contribution in [-0.2, 0) is 0 Å². The summed E-state index contributed by atoms with van der Waals surface area (Å²) in [5.74, 6) is 0. The van der Waals surface area contributed by atoms with Gasteiger partial charge in [0.05, 0.1) is 0 Å². The van der Waals surface area contributed by atoms with Crippen LogP contribution in [0.15, 0.2) is 36.4 Å². The van der Waals surface area contributed by atoms with Gasteiger partial charge >= 0.3 is 0 Å². The van der Waals surface area contributed by atoms with Crippen molar-refractivity contribution < 1.29 is 0 Å². The van der Waals surface area contributed by atoms with Gasteiger partial charge in [0.15, 0.2) is 0 Å². The minimum Gasteiger partial charge on any atom is -0.312 e. The standard InChI is InChI=1S/C9H10.C3H9N.BrH/c1-2-6-9-7-4-3-5-8-9;1-4(2)3;/h2-8H,1H3;1-3H3;1H. The molecular weight excluding hydrogens is 238 g/mol. The molecule has 2 heteroatoms. The molecular formula is C12H20BrN. The molecule has 0 aromatic heterocycles. The maximum atomic E-state index is 2.08. The first kappa shape index (κ1) is 15.9. The normalized spacial score (nSPS) is 9.21. The van der Waals surface area contributed by atoms with E-state index < -0.39 is 0 Å². The highest BCUT2D eigenvalue weighted by Gasteiger charge is 1.77. The fourth-order valence-corrected chi connectivity index (χ4v) is 0.757. The van der Waals surface area contributed by atoms with Crippen molar-refractivity contribution in [2.24, 2.45) is 0 Å². The highest BCUT2D eigenvalue weighted by Crippen LogP contribution is 1.99. The van der Waals surface area contributed by atoms with Crippen LogP contribution in [-0.4, -0.2) is 26.0 Å². The Labute approximate surface area is 98.2 Å². The molecule has 0 saturated heterocycles. The van der Waals surface area contributed by atoms with E-state index in [-0.39, 0.29) is 17.0 Å². The van der Waals surface area contributed by atoms with Crippen molar-refractivity contribution in [1.82, 2.24) is 4.90 Å². The molecule has 0 aliphatic rings. The predicted octanol–water partition coefficient (Wildman–Crippen LogP) is 3.48. The fourth-order valence-electron chi connectivity index (χ4n) is 0.757. The summed E-state index contributed by atoms with van der Waals surface area (Å²) in [6.45, 7) is 2.02. The Morgan fingerprint density at radius 2 is 1.43 bits per heavy atom. The van der Waals surface area contributed by atoms with Crippen LogP contribution in [0.3, 0.4) is 0 Å². The summed E-state index contributed by atoms with van der Waals surface area (Å²) in [5.41, 5.74) is 1.26. The predicted molar refractivity (Wildman–Crippen MR) is 71.1 cm³/mol. The van der Waals surface area contributed by atoms with Crippen LogP contribution in [0.25, 0.3) is 6.08 Å². The van der Waals surface area contributed by atoms with Crippen LogP contribution >= 0.6 is 17.0 Å². The third-order valence-electron chi connectivity index (χ3n) is 1.16. The van der Waals surface area contributed by atoms with E-state index in [9.17, 15) is 0 Å². The van der Waals surface area contributed by atoms with Crippen LogP contribution in [0.5, 0.6) is 0 Å². The summed E-state index contributed by atoms with van der Waals surface area (Å²) in [5, 5.41) is 0. The SMILES string of the molecule is Br.CC=Cc1ccccc1.CN(C)C. The molecule has 0 radical (unpaired) electrons. The molecule has 80 valence electrons. The number of nitrogens with zero attached hydrogens (tertiary/aromatic N) is 1. The zero-order valence-corrected chi connectivity index (χ0v) is 11.1. The number of hydrogen-bond acceptors (Lipinski definition) is 1. The average Bonchev–Trinajstić information content (AvgIpc) is 2.06. The van der Waals surface area contributed by atoms with E-state index in [0.717, 1.165) is 0 Å². The van der Waals surface area contributed by atoms with Gasteiger partial charge in [0.25, 0.3) is 0 Å². The summed E-state index contributed by atoms with van der Waals surface area (Å²) in [4.78, 5) is 2.00. The molecule has 0 spiro atoms. The van der Waals surface area contributed by atoms with E-state index in [1.54, 1.807) is 0 Å². The molecule has 0 heterocycles. The minimum absolute atomic E-state index is 0. The van der Waals surface area contributed by atoms with E-state index in [1.807, 2.05) is 57.2 Å². The molecule has 0 fully saturated rings. The second-order valence-electron chi connectivity index (χ2n) is 3.25. The Morgan fingerprint density at radius 3 is 1.79 bits per heavy atom. The molecule has 0 atom stereocenters. The third kappa shape index (κ3) is 11.4. The topological polar surface area (TPSA) is 3.24 Å². The molecule has 0 N–H and O–H groups in total. The number of hydrogen-bond donors (Lipinski definition) is 0. The summed E-state index contributed by atoms with van der Waals surface area (Å²) in [6, 6.07) is 10.3. The van der Waals surface area contributed by atoms with Crippen LogP contribution in [0, 0.1) is 0 Å². The Kier molecular flexibility index (Phi) is 11.9. The summed E-state index contributed by atoms with van der Waals surface area (Å²) >= 11 is 0. The minimum atomic E-state index is 0. The lowest BCUT2D eigenvalue weighted by atomic mass is 10.2. The van der Waals surface area contributed by atoms with Crippen molar-refractivity contribution in [1.29, 1.82) is 0 Å². The van der Waals surface area contributed by atoms with E-state index in [2.05, 4.69) is 18.2 Å². The molecule has 0 aliphatic carbocycles. The summed E-state index contributed by atoms with van der Waals surface area (Å²) in [7, 11) is 6.00. The molecule has 1 nitrogen and oxygen atoms in total. The zero-order valence-electron chi connectivity index (χ0n) is 9.40. The lowest BCUT2D eigenvalue weighted by Crippen LogP contribution is -1.99. The van der Waals surface area contributed by atoms with Gasteiger partial charge < -0.3 is 4.90 Å². The van der Waals surface area contributed by atoms with Crippen molar-refractivity contribution in [3.05, 3.63) is 42.0 Å². The van der Waals surface area contributed by atoms with Gasteiger partial charge in [-0.3, -0.25) is 0 Å². The first-order chi connectivity index (χ1) is 6.16. The van der Waals surface area contributed by atoms with Gasteiger partial charge in [-0.2, -0.15) is 0 Å². The average molecular weight is 258 g/mol. The largest absolute Gasteiger partial charge is 0.312 e. The zero-order chi connectivity index (χ0) is 10.1. The third-order valence-corrected chi connectivity index (χ3v) is 1.16. The molecule has 0 aliphatic heterocycles. The molecule has 14 heavy (non-hydrogen) atoms. The number of allylic oxidation sites excluding steroid dienone is 1. The van der Waals surface area contributed by atoms with Gasteiger partial charge in [0, 0.05) is 0 Å². The van der Waals surface area contributed by atoms with Crippen molar-refractivity contribution >= 4 is 23.1 Å². The van der Waals surface area contributed by atoms with E-state index in [0.29, 0.717) is 0 Å². The van der Waals surface area contributed by atoms with E-state index in [4.69, 9.17) is 0 Å². The Bertz CT molecular complexity index is 227. The highest BCUT2D eigenvalue weighted by atomic mass is 79.9. The molecule has 1 aromatic carbocycles. The molecule has 0 bridgehead atoms. The van der Waals surface area contributed by atoms with E-state index >= 15 is 0 Å². The number of rotatable bonds is 1. The van der Waals surface area contributed by atoms with Crippen LogP contribution in [0.1, 0.15) is 12.5 Å². The molecule has 1 aromatic rings. The van der Waals surface area contributed by atoms with Gasteiger partial charge in [-0.25, -0.2) is 0 Å². The van der Waals surface area contributed by atoms with Gasteiger partial charge in [0.1, 0.15) is 0 Å². The van der Waals surface area contributed by atoms with Crippen molar-refractivity contribution in [2.75, 3.05) is 21.1 Å². The maximum Gasteiger partial charge on any atom is -0.0140 e. The lowest BCUT2D eigenvalue weighted by molar-refractivity contribution is 0.505. The van der Waals surface area contributed by atoms with Crippen LogP contribution in [0.4, 0.5) is 0 Å². The fraction of sp³-hybridized carbons (Fsp3) is 0.333. The van der Waals surface area contributed by atoms with E-state index in [1.165, 1.54) is 5.56 Å². The highest BCUT2D eigenvalue weighted by molar-refractivity contribution is 8.93. The number of benzene rings is 1. The quantitative estimate of drug-likeness (QED) is 0.745. The maximum absolute atomic E-state index is 2.08. The summed E-state index contributed by atoms with van der Waals surface area (Å²) in [6.07, 6.45) is 4.12. The first-order valence-electron chi connectivity index (χ1n) is 4.45. The van der Waals surface area contributed by atoms with Gasteiger partial charge in [0.2, 0.25) is 0 Å². The second-order valence-corrected chi connectivity index (χ2v) is 3.25. The molecule has 0 unspecified atom stereocenters. The monoisotopic (exact) mass is 257 g/mol. The molecule has 1 rings (SSSR count). The van der Waals surface area contributed by atoms with Crippen molar-refractivity contribution in [3.63, 3.8) is 0 Å². The van der Waals surface area contributed by atoms with Crippen molar-refractivity contribution in [3.8, 4) is 0 Å². The Morgan fingerprint density at radius 1 is 1.00 bits per heavy atom. The van der Waals surface area contributed by atoms with Gasteiger partial charge in [-0.15, -0.1) is 17.0 Å². The lowest BCUT2D eigenvalue weighted by Gasteiger charge is -1.90. The molecule has 0 saturated carbocycles. The number of halogens is 1. The smallest absolute Gasteiger partial charge is 0.0140 e. The van der Waals surface area contributed by atoms with Gasteiger partial charge in [-0.1, -0.05) is 42.5 Å². The second kappa shape index (κ2) is 10.5. The first-order valence-corrected chi connectivity index (χ1v) is 4.45. The molecule has 0 amide bonds. The summed E-state index contributed by atoms with van der Waals surface area (Å²) < 4.78 is 0.